The van der Waals surface area contributed by atoms with Gasteiger partial charge in [-0.2, -0.15) is 13.2 Å². The topological polar surface area (TPSA) is 21.7 Å². The van der Waals surface area contributed by atoms with E-state index in [4.69, 9.17) is 9.31 Å². The van der Waals surface area contributed by atoms with Crippen molar-refractivity contribution in [1.82, 2.24) is 4.90 Å². The molecule has 1 aliphatic rings. The largest absolute Gasteiger partial charge is 0.459 e. The van der Waals surface area contributed by atoms with E-state index in [0.717, 1.165) is 28.8 Å². The first-order chi connectivity index (χ1) is 16.9. The summed E-state index contributed by atoms with van der Waals surface area (Å²) in [6.45, 7) is 9.28. The molecule has 4 rings (SSSR count). The lowest BCUT2D eigenvalue weighted by molar-refractivity contribution is -0.137. The van der Waals surface area contributed by atoms with Crippen molar-refractivity contribution in [3.63, 3.8) is 0 Å². The van der Waals surface area contributed by atoms with Gasteiger partial charge in [-0.05, 0) is 56.5 Å². The molecule has 0 bridgehead atoms. The average Bonchev–Trinajstić information content (AvgIpc) is 3.03. The molecule has 36 heavy (non-hydrogen) atoms. The Bertz CT molecular complexity index is 1060. The van der Waals surface area contributed by atoms with E-state index in [2.05, 4.69) is 29.2 Å². The van der Waals surface area contributed by atoms with Crippen LogP contribution >= 0.6 is 0 Å². The number of hydrogen-bond acceptors (Lipinski definition) is 3. The lowest BCUT2D eigenvalue weighted by atomic mass is 9.77. The van der Waals surface area contributed by atoms with Crippen molar-refractivity contribution >= 4 is 7.12 Å². The molecule has 0 radical (unpaired) electrons. The molecule has 1 atom stereocenters. The maximum absolute atomic E-state index is 13.3. The van der Waals surface area contributed by atoms with Crippen LogP contribution in [0.3, 0.4) is 0 Å². The van der Waals surface area contributed by atoms with Gasteiger partial charge in [-0.1, -0.05) is 72.8 Å². The lowest BCUT2D eigenvalue weighted by Crippen LogP contribution is -2.41. The van der Waals surface area contributed by atoms with E-state index in [1.54, 1.807) is 12.1 Å². The Kier molecular flexibility index (Phi) is 7.65. The quantitative estimate of drug-likeness (QED) is 0.302. The van der Waals surface area contributed by atoms with Crippen LogP contribution in [0.5, 0.6) is 0 Å². The van der Waals surface area contributed by atoms with Gasteiger partial charge in [-0.3, -0.25) is 4.90 Å². The van der Waals surface area contributed by atoms with Crippen LogP contribution in [0.1, 0.15) is 56.0 Å². The Morgan fingerprint density at radius 1 is 0.722 bits per heavy atom. The van der Waals surface area contributed by atoms with Crippen LogP contribution < -0.4 is 0 Å². The van der Waals surface area contributed by atoms with Crippen LogP contribution in [0.15, 0.2) is 84.9 Å². The summed E-state index contributed by atoms with van der Waals surface area (Å²) in [4.78, 5) is 2.29. The number of halogens is 3. The van der Waals surface area contributed by atoms with Crippen LogP contribution in [-0.2, 0) is 28.6 Å². The minimum Gasteiger partial charge on any atom is -0.403 e. The van der Waals surface area contributed by atoms with Gasteiger partial charge < -0.3 is 9.31 Å². The van der Waals surface area contributed by atoms with Gasteiger partial charge in [-0.25, -0.2) is 0 Å². The van der Waals surface area contributed by atoms with Crippen molar-refractivity contribution in [3.8, 4) is 0 Å². The Morgan fingerprint density at radius 2 is 1.17 bits per heavy atom. The molecule has 1 saturated heterocycles. The van der Waals surface area contributed by atoms with Crippen LogP contribution in [0, 0.1) is 0 Å². The summed E-state index contributed by atoms with van der Waals surface area (Å²) in [7, 11) is -0.490. The van der Waals surface area contributed by atoms with Crippen molar-refractivity contribution in [2.45, 2.75) is 70.5 Å². The Hall–Kier alpha value is -2.61. The highest BCUT2D eigenvalue weighted by Gasteiger charge is 2.51. The fourth-order valence-electron chi connectivity index (χ4n) is 4.55. The number of benzene rings is 3. The highest BCUT2D eigenvalue weighted by atomic mass is 19.4. The Labute approximate surface area is 212 Å². The molecule has 0 amide bonds. The molecule has 0 N–H and O–H groups in total. The smallest absolute Gasteiger partial charge is 0.403 e. The van der Waals surface area contributed by atoms with E-state index in [9.17, 15) is 13.2 Å². The van der Waals surface area contributed by atoms with E-state index in [-0.39, 0.29) is 6.04 Å². The molecule has 0 unspecified atom stereocenters. The SMILES string of the molecule is CC1(C)OB(C[C@H](c2ccc(C(F)(F)F)cc2)N(Cc2ccccc2)Cc2ccccc2)OC1(C)C. The minimum atomic E-state index is -4.38. The summed E-state index contributed by atoms with van der Waals surface area (Å²) in [5, 5.41) is 0. The zero-order valence-corrected chi connectivity index (χ0v) is 21.3. The third-order valence-corrected chi connectivity index (χ3v) is 7.24. The molecule has 1 fully saturated rings. The molecule has 0 spiro atoms. The predicted octanol–water partition coefficient (Wildman–Crippen LogP) is 7.54. The monoisotopic (exact) mass is 495 g/mol. The van der Waals surface area contributed by atoms with Crippen molar-refractivity contribution in [2.24, 2.45) is 0 Å². The fraction of sp³-hybridized carbons (Fsp3) is 0.379. The molecule has 1 aliphatic heterocycles. The number of rotatable bonds is 8. The van der Waals surface area contributed by atoms with Crippen LogP contribution in [-0.4, -0.2) is 23.2 Å². The lowest BCUT2D eigenvalue weighted by Gasteiger charge is -2.33. The normalized spacial score (nSPS) is 17.9. The third-order valence-electron chi connectivity index (χ3n) is 7.24. The van der Waals surface area contributed by atoms with Crippen molar-refractivity contribution in [1.29, 1.82) is 0 Å². The summed E-state index contributed by atoms with van der Waals surface area (Å²) in [6.07, 6.45) is -3.90. The first-order valence-electron chi connectivity index (χ1n) is 12.3. The van der Waals surface area contributed by atoms with Crippen molar-refractivity contribution in [2.75, 3.05) is 0 Å². The van der Waals surface area contributed by atoms with Crippen molar-refractivity contribution in [3.05, 3.63) is 107 Å². The Balaban J connectivity index is 1.71. The molecule has 3 aromatic rings. The van der Waals surface area contributed by atoms with E-state index >= 15 is 0 Å². The number of nitrogens with zero attached hydrogens (tertiary/aromatic N) is 1. The van der Waals surface area contributed by atoms with Gasteiger partial charge in [0.2, 0.25) is 0 Å². The summed E-state index contributed by atoms with van der Waals surface area (Å²) >= 11 is 0. The molecule has 190 valence electrons. The third kappa shape index (κ3) is 6.20. The second-order valence-corrected chi connectivity index (χ2v) is 10.4. The van der Waals surface area contributed by atoms with Gasteiger partial charge in [0.1, 0.15) is 0 Å². The highest BCUT2D eigenvalue weighted by Crippen LogP contribution is 2.41. The van der Waals surface area contributed by atoms with Crippen LogP contribution in [0.25, 0.3) is 0 Å². The summed E-state index contributed by atoms with van der Waals surface area (Å²) in [5.41, 5.74) is 1.40. The van der Waals surface area contributed by atoms with Gasteiger partial charge in [0.25, 0.3) is 0 Å². The van der Waals surface area contributed by atoms with E-state index in [1.807, 2.05) is 64.1 Å². The van der Waals surface area contributed by atoms with E-state index in [0.29, 0.717) is 19.4 Å². The molecular formula is C29H33BF3NO2. The zero-order chi connectivity index (χ0) is 26.0. The highest BCUT2D eigenvalue weighted by molar-refractivity contribution is 6.45. The average molecular weight is 495 g/mol. The summed E-state index contributed by atoms with van der Waals surface area (Å²) < 4.78 is 52.5. The maximum Gasteiger partial charge on any atom is 0.459 e. The molecule has 3 aromatic carbocycles. The van der Waals surface area contributed by atoms with Gasteiger partial charge in [0.15, 0.2) is 0 Å². The predicted molar refractivity (Wildman–Crippen MR) is 137 cm³/mol. The first-order valence-corrected chi connectivity index (χ1v) is 12.3. The standard InChI is InChI=1S/C29H33BF3NO2/c1-27(2)28(3,4)36-30(35-27)19-26(24-15-17-25(18-16-24)29(31,32)33)34(20-22-11-7-5-8-12-22)21-23-13-9-6-10-14-23/h5-18,26H,19-21H2,1-4H3/t26-/m1/s1. The van der Waals surface area contributed by atoms with E-state index in [1.165, 1.54) is 0 Å². The van der Waals surface area contributed by atoms with Gasteiger partial charge in [0, 0.05) is 25.5 Å². The maximum atomic E-state index is 13.3. The zero-order valence-electron chi connectivity index (χ0n) is 21.3. The molecule has 0 aliphatic carbocycles. The van der Waals surface area contributed by atoms with E-state index < -0.39 is 30.1 Å². The molecule has 7 heteroatoms. The van der Waals surface area contributed by atoms with Gasteiger partial charge in [0.05, 0.1) is 16.8 Å². The second kappa shape index (κ2) is 10.4. The number of alkyl halides is 3. The molecule has 0 saturated carbocycles. The first kappa shape index (κ1) is 26.5. The van der Waals surface area contributed by atoms with Gasteiger partial charge >= 0.3 is 13.3 Å². The fourth-order valence-corrected chi connectivity index (χ4v) is 4.55. The summed E-state index contributed by atoms with van der Waals surface area (Å²) in [5.74, 6) is 0. The minimum absolute atomic E-state index is 0.234. The van der Waals surface area contributed by atoms with Crippen molar-refractivity contribution < 1.29 is 22.5 Å². The molecular weight excluding hydrogens is 462 g/mol. The molecule has 1 heterocycles. The summed E-state index contributed by atoms with van der Waals surface area (Å²) in [6, 6.07) is 25.5. The van der Waals surface area contributed by atoms with Crippen LogP contribution in [0.2, 0.25) is 6.32 Å². The van der Waals surface area contributed by atoms with Gasteiger partial charge in [-0.15, -0.1) is 0 Å². The number of hydrogen-bond donors (Lipinski definition) is 0. The molecule has 3 nitrogen and oxygen atoms in total. The van der Waals surface area contributed by atoms with Crippen LogP contribution in [0.4, 0.5) is 13.2 Å². The molecule has 0 aromatic heterocycles. The second-order valence-electron chi connectivity index (χ2n) is 10.4. The Morgan fingerprint density at radius 3 is 1.58 bits per heavy atom.